The Hall–Kier alpha value is -2.52. The van der Waals surface area contributed by atoms with Crippen LogP contribution >= 0.6 is 23.4 Å². The predicted molar refractivity (Wildman–Crippen MR) is 105 cm³/mol. The second kappa shape index (κ2) is 8.66. The number of amides is 4. The maximum absolute atomic E-state index is 12.5. The molecule has 2 saturated heterocycles. The van der Waals surface area contributed by atoms with Crippen LogP contribution in [0.3, 0.4) is 0 Å². The average molecular weight is 424 g/mol. The van der Waals surface area contributed by atoms with Gasteiger partial charge in [-0.3, -0.25) is 24.1 Å². The number of hydrogen-bond donors (Lipinski definition) is 1. The fourth-order valence-corrected chi connectivity index (χ4v) is 3.94. The van der Waals surface area contributed by atoms with Crippen molar-refractivity contribution >= 4 is 52.4 Å². The van der Waals surface area contributed by atoms with E-state index in [0.29, 0.717) is 18.7 Å². The maximum Gasteiger partial charge on any atom is 0.294 e. The van der Waals surface area contributed by atoms with Crippen molar-refractivity contribution in [2.24, 2.45) is 5.73 Å². The molecule has 2 N–H and O–H groups in total. The Morgan fingerprint density at radius 3 is 2.61 bits per heavy atom. The molecule has 0 unspecified atom stereocenters. The minimum Gasteiger partial charge on any atom is -0.482 e. The van der Waals surface area contributed by atoms with Crippen molar-refractivity contribution in [1.82, 2.24) is 9.80 Å². The fraction of sp³-hybridized carbons (Fsp3) is 0.333. The molecule has 4 amide bonds. The summed E-state index contributed by atoms with van der Waals surface area (Å²) in [5, 5.41) is -0.241. The number of ether oxygens (including phenoxy) is 1. The molecule has 1 aromatic carbocycles. The highest BCUT2D eigenvalue weighted by molar-refractivity contribution is 8.18. The molecule has 3 rings (SSSR count). The molecule has 148 valence electrons. The Morgan fingerprint density at radius 1 is 1.25 bits per heavy atom. The first-order valence-electron chi connectivity index (χ1n) is 8.59. The molecule has 0 saturated carbocycles. The topological polar surface area (TPSA) is 110 Å². The number of likely N-dealkylation sites (tertiary alicyclic amines) is 1. The zero-order valence-corrected chi connectivity index (χ0v) is 16.4. The SMILES string of the molecule is NC(=O)COc1ccc(/C=C2\SC(=O)N(CC(=O)N3CCCC3)C2=O)cc1Cl. The van der Waals surface area contributed by atoms with E-state index in [4.69, 9.17) is 22.1 Å². The number of nitrogens with zero attached hydrogens (tertiary/aromatic N) is 2. The summed E-state index contributed by atoms with van der Waals surface area (Å²) in [5.74, 6) is -1.08. The van der Waals surface area contributed by atoms with Gasteiger partial charge in [-0.1, -0.05) is 17.7 Å². The van der Waals surface area contributed by atoms with Crippen molar-refractivity contribution in [3.8, 4) is 5.75 Å². The molecule has 2 aliphatic heterocycles. The van der Waals surface area contributed by atoms with Gasteiger partial charge in [-0.05, 0) is 48.4 Å². The number of hydrogen-bond acceptors (Lipinski definition) is 6. The molecule has 0 aromatic heterocycles. The van der Waals surface area contributed by atoms with Crippen LogP contribution < -0.4 is 10.5 Å². The number of thioether (sulfide) groups is 1. The van der Waals surface area contributed by atoms with Gasteiger partial charge in [0.25, 0.3) is 17.1 Å². The molecule has 8 nitrogen and oxygen atoms in total. The second-order valence-corrected chi connectivity index (χ2v) is 7.70. The lowest BCUT2D eigenvalue weighted by molar-refractivity contribution is -0.135. The van der Waals surface area contributed by atoms with Gasteiger partial charge in [-0.15, -0.1) is 0 Å². The van der Waals surface area contributed by atoms with Crippen molar-refractivity contribution in [2.75, 3.05) is 26.2 Å². The number of halogens is 1. The zero-order valence-electron chi connectivity index (χ0n) is 14.9. The summed E-state index contributed by atoms with van der Waals surface area (Å²) in [5.41, 5.74) is 5.60. The van der Waals surface area contributed by atoms with Crippen molar-refractivity contribution < 1.29 is 23.9 Å². The van der Waals surface area contributed by atoms with Crippen LogP contribution in [0.5, 0.6) is 5.75 Å². The lowest BCUT2D eigenvalue weighted by atomic mass is 10.2. The van der Waals surface area contributed by atoms with Gasteiger partial charge in [0.2, 0.25) is 5.91 Å². The average Bonchev–Trinajstić information content (AvgIpc) is 3.26. The molecule has 0 radical (unpaired) electrons. The minimum absolute atomic E-state index is 0.209. The van der Waals surface area contributed by atoms with Gasteiger partial charge >= 0.3 is 0 Å². The lowest BCUT2D eigenvalue weighted by Gasteiger charge is -2.18. The van der Waals surface area contributed by atoms with Crippen LogP contribution in [0.1, 0.15) is 18.4 Å². The number of carbonyl (C=O) groups excluding carboxylic acids is 4. The molecule has 0 aliphatic carbocycles. The molecule has 0 atom stereocenters. The second-order valence-electron chi connectivity index (χ2n) is 6.30. The smallest absolute Gasteiger partial charge is 0.294 e. The van der Waals surface area contributed by atoms with Crippen LogP contribution in [0.25, 0.3) is 6.08 Å². The highest BCUT2D eigenvalue weighted by atomic mass is 35.5. The van der Waals surface area contributed by atoms with Gasteiger partial charge in [0.05, 0.1) is 9.93 Å². The van der Waals surface area contributed by atoms with Gasteiger partial charge in [-0.2, -0.15) is 0 Å². The Balaban J connectivity index is 1.69. The first kappa shape index (κ1) is 20.2. The van der Waals surface area contributed by atoms with Crippen LogP contribution in [-0.2, 0) is 14.4 Å². The van der Waals surface area contributed by atoms with Gasteiger partial charge in [0.15, 0.2) is 6.61 Å². The van der Waals surface area contributed by atoms with Crippen LogP contribution in [-0.4, -0.2) is 59.0 Å². The largest absolute Gasteiger partial charge is 0.482 e. The predicted octanol–water partition coefficient (Wildman–Crippen LogP) is 1.86. The van der Waals surface area contributed by atoms with Crippen molar-refractivity contribution in [1.29, 1.82) is 0 Å². The summed E-state index contributed by atoms with van der Waals surface area (Å²) in [6.45, 7) is 0.771. The summed E-state index contributed by atoms with van der Waals surface area (Å²) in [4.78, 5) is 50.6. The Morgan fingerprint density at radius 2 is 1.96 bits per heavy atom. The molecule has 2 aliphatic rings. The van der Waals surface area contributed by atoms with Crippen molar-refractivity contribution in [3.63, 3.8) is 0 Å². The molecule has 0 spiro atoms. The minimum atomic E-state index is -0.628. The van der Waals surface area contributed by atoms with Crippen molar-refractivity contribution in [2.45, 2.75) is 12.8 Å². The number of imide groups is 1. The molecule has 2 heterocycles. The van der Waals surface area contributed by atoms with E-state index in [0.717, 1.165) is 29.5 Å². The van der Waals surface area contributed by atoms with E-state index in [-0.39, 0.29) is 34.7 Å². The van der Waals surface area contributed by atoms with Crippen LogP contribution in [0.4, 0.5) is 4.79 Å². The molecule has 28 heavy (non-hydrogen) atoms. The summed E-state index contributed by atoms with van der Waals surface area (Å²) in [6.07, 6.45) is 3.40. The van der Waals surface area contributed by atoms with Gasteiger partial charge in [0.1, 0.15) is 12.3 Å². The third-order valence-electron chi connectivity index (χ3n) is 4.25. The van der Waals surface area contributed by atoms with E-state index in [9.17, 15) is 19.2 Å². The zero-order chi connectivity index (χ0) is 20.3. The fourth-order valence-electron chi connectivity index (χ4n) is 2.86. The van der Waals surface area contributed by atoms with E-state index >= 15 is 0 Å². The molecular weight excluding hydrogens is 406 g/mol. The summed E-state index contributed by atoms with van der Waals surface area (Å²) in [7, 11) is 0. The lowest BCUT2D eigenvalue weighted by Crippen LogP contribution is -2.40. The number of rotatable bonds is 6. The van der Waals surface area contributed by atoms with Crippen molar-refractivity contribution in [3.05, 3.63) is 33.7 Å². The quantitative estimate of drug-likeness (QED) is 0.699. The molecule has 10 heteroatoms. The third-order valence-corrected chi connectivity index (χ3v) is 5.45. The normalized spacial score (nSPS) is 18.2. The number of primary amides is 1. The molecular formula is C18H18ClN3O5S. The third kappa shape index (κ3) is 4.66. The first-order chi connectivity index (χ1) is 13.3. The van der Waals surface area contributed by atoms with Gasteiger partial charge in [-0.25, -0.2) is 0 Å². The molecule has 0 bridgehead atoms. The highest BCUT2D eigenvalue weighted by Gasteiger charge is 2.37. The van der Waals surface area contributed by atoms with Gasteiger partial charge < -0.3 is 15.4 Å². The number of carbonyl (C=O) groups is 4. The standard InChI is InChI=1S/C18H18ClN3O5S/c19-12-7-11(3-4-13(12)27-10-15(20)23)8-14-17(25)22(18(26)28-14)9-16(24)21-5-1-2-6-21/h3-4,7-8H,1-2,5-6,9-10H2,(H2,20,23)/b14-8-. The van der Waals surface area contributed by atoms with E-state index in [1.54, 1.807) is 17.0 Å². The molecule has 2 fully saturated rings. The maximum atomic E-state index is 12.5. The molecule has 1 aromatic rings. The number of nitrogens with two attached hydrogens (primary N) is 1. The Labute approximate surface area is 170 Å². The van der Waals surface area contributed by atoms with Gasteiger partial charge in [0, 0.05) is 13.1 Å². The number of benzene rings is 1. The van der Waals surface area contributed by atoms with Crippen LogP contribution in [0.15, 0.2) is 23.1 Å². The van der Waals surface area contributed by atoms with Crippen LogP contribution in [0, 0.1) is 0 Å². The highest BCUT2D eigenvalue weighted by Crippen LogP contribution is 2.33. The van der Waals surface area contributed by atoms with E-state index in [1.807, 2.05) is 0 Å². The Kier molecular flexibility index (Phi) is 6.25. The van der Waals surface area contributed by atoms with E-state index < -0.39 is 17.1 Å². The van der Waals surface area contributed by atoms with E-state index in [1.165, 1.54) is 12.1 Å². The Bertz CT molecular complexity index is 867. The van der Waals surface area contributed by atoms with Crippen LogP contribution in [0.2, 0.25) is 5.02 Å². The summed E-state index contributed by atoms with van der Waals surface area (Å²) >= 11 is 6.89. The first-order valence-corrected chi connectivity index (χ1v) is 9.78. The monoisotopic (exact) mass is 423 g/mol. The summed E-state index contributed by atoms with van der Waals surface area (Å²) < 4.78 is 5.17. The summed E-state index contributed by atoms with van der Waals surface area (Å²) in [6, 6.07) is 4.71. The van der Waals surface area contributed by atoms with E-state index in [2.05, 4.69) is 0 Å².